The summed E-state index contributed by atoms with van der Waals surface area (Å²) in [5.74, 6) is 0.150. The Bertz CT molecular complexity index is 727. The van der Waals surface area contributed by atoms with E-state index in [1.807, 2.05) is 30.3 Å². The van der Waals surface area contributed by atoms with Crippen molar-refractivity contribution in [3.05, 3.63) is 71.3 Å². The zero-order valence-corrected chi connectivity index (χ0v) is 14.8. The lowest BCUT2D eigenvalue weighted by atomic mass is 9.96. The van der Waals surface area contributed by atoms with Crippen LogP contribution in [0.4, 0.5) is 0 Å². The Morgan fingerprint density at radius 1 is 1.21 bits per heavy atom. The number of rotatable bonds is 4. The molecule has 2 aromatic carbocycles. The van der Waals surface area contributed by atoms with Gasteiger partial charge in [0, 0.05) is 6.42 Å². The van der Waals surface area contributed by atoms with Gasteiger partial charge in [0.2, 0.25) is 5.91 Å². The first kappa shape index (κ1) is 16.7. The molecule has 3 nitrogen and oxygen atoms in total. The minimum Gasteiger partial charge on any atom is -0.468 e. The molecule has 0 aliphatic carbocycles. The summed E-state index contributed by atoms with van der Waals surface area (Å²) in [6, 6.07) is 18.1. The summed E-state index contributed by atoms with van der Waals surface area (Å²) < 4.78 is 5.49. The van der Waals surface area contributed by atoms with Crippen LogP contribution in [0.2, 0.25) is 0 Å². The van der Waals surface area contributed by atoms with E-state index in [-0.39, 0.29) is 23.0 Å². The molecule has 1 saturated heterocycles. The summed E-state index contributed by atoms with van der Waals surface area (Å²) in [5.41, 5.74) is 3.43. The average molecular weight is 339 g/mol. The van der Waals surface area contributed by atoms with Crippen molar-refractivity contribution < 1.29 is 9.53 Å². The summed E-state index contributed by atoms with van der Waals surface area (Å²) in [6.07, 6.45) is 0.413. The first-order chi connectivity index (χ1) is 11.6. The molecule has 0 radical (unpaired) electrons. The van der Waals surface area contributed by atoms with E-state index in [0.717, 1.165) is 11.1 Å². The second kappa shape index (κ2) is 7.14. The molecule has 1 aliphatic heterocycles. The molecule has 1 fully saturated rings. The van der Waals surface area contributed by atoms with Crippen molar-refractivity contribution in [1.82, 2.24) is 4.90 Å². The Balaban J connectivity index is 1.75. The number of amides is 1. The fraction of sp³-hybridized carbons (Fsp3) is 0.300. The summed E-state index contributed by atoms with van der Waals surface area (Å²) in [4.78, 5) is 14.5. The van der Waals surface area contributed by atoms with E-state index in [9.17, 15) is 4.79 Å². The Hall–Kier alpha value is -2.20. The van der Waals surface area contributed by atoms with Crippen LogP contribution in [0.25, 0.3) is 0 Å². The minimum atomic E-state index is -0.128. The molecule has 1 amide bonds. The Morgan fingerprint density at radius 3 is 2.54 bits per heavy atom. The van der Waals surface area contributed by atoms with Gasteiger partial charge in [0.25, 0.3) is 5.17 Å². The van der Waals surface area contributed by atoms with Gasteiger partial charge in [-0.25, -0.2) is 0 Å². The molecule has 0 spiro atoms. The van der Waals surface area contributed by atoms with Gasteiger partial charge in [-0.3, -0.25) is 9.69 Å². The smallest absolute Gasteiger partial charge is 0.266 e. The van der Waals surface area contributed by atoms with Gasteiger partial charge in [0.05, 0.1) is 6.04 Å². The summed E-state index contributed by atoms with van der Waals surface area (Å²) in [7, 11) is 0. The quantitative estimate of drug-likeness (QED) is 0.775. The molecular formula is C20H21NO2S. The van der Waals surface area contributed by atoms with Crippen molar-refractivity contribution >= 4 is 23.3 Å². The van der Waals surface area contributed by atoms with Crippen LogP contribution in [0.5, 0.6) is 0 Å². The SMILES string of the molecule is Cc1ccc([C@H](C)CC(=O)N2C(=S)OC[C@H]2c2ccccc2)cc1. The number of ether oxygens (including phenoxy) is 1. The van der Waals surface area contributed by atoms with Gasteiger partial charge in [-0.15, -0.1) is 0 Å². The van der Waals surface area contributed by atoms with E-state index in [1.165, 1.54) is 5.56 Å². The van der Waals surface area contributed by atoms with Gasteiger partial charge in [-0.2, -0.15) is 0 Å². The molecule has 0 unspecified atom stereocenters. The van der Waals surface area contributed by atoms with Crippen molar-refractivity contribution in [2.24, 2.45) is 0 Å². The van der Waals surface area contributed by atoms with Crippen LogP contribution < -0.4 is 0 Å². The van der Waals surface area contributed by atoms with Crippen molar-refractivity contribution in [3.63, 3.8) is 0 Å². The third-order valence-electron chi connectivity index (χ3n) is 4.45. The molecule has 0 saturated carbocycles. The van der Waals surface area contributed by atoms with E-state index in [0.29, 0.717) is 13.0 Å². The zero-order chi connectivity index (χ0) is 17.1. The Kier molecular flexibility index (Phi) is 4.95. The molecule has 0 bridgehead atoms. The molecular weight excluding hydrogens is 318 g/mol. The highest BCUT2D eigenvalue weighted by Gasteiger charge is 2.36. The largest absolute Gasteiger partial charge is 0.468 e. The highest BCUT2D eigenvalue weighted by Crippen LogP contribution is 2.30. The normalized spacial score (nSPS) is 18.3. The predicted molar refractivity (Wildman–Crippen MR) is 98.8 cm³/mol. The lowest BCUT2D eigenvalue weighted by molar-refractivity contribution is -0.128. The van der Waals surface area contributed by atoms with Gasteiger partial charge in [0.1, 0.15) is 6.61 Å². The van der Waals surface area contributed by atoms with Crippen molar-refractivity contribution in [2.75, 3.05) is 6.61 Å². The molecule has 0 aromatic heterocycles. The maximum absolute atomic E-state index is 12.8. The molecule has 4 heteroatoms. The van der Waals surface area contributed by atoms with Gasteiger partial charge < -0.3 is 4.74 Å². The summed E-state index contributed by atoms with van der Waals surface area (Å²) >= 11 is 5.26. The molecule has 2 atom stereocenters. The van der Waals surface area contributed by atoms with E-state index in [1.54, 1.807) is 4.90 Å². The molecule has 0 N–H and O–H groups in total. The number of carbonyl (C=O) groups is 1. The fourth-order valence-electron chi connectivity index (χ4n) is 2.99. The first-order valence-corrected chi connectivity index (χ1v) is 8.57. The van der Waals surface area contributed by atoms with Gasteiger partial charge in [-0.1, -0.05) is 67.1 Å². The van der Waals surface area contributed by atoms with E-state index >= 15 is 0 Å². The van der Waals surface area contributed by atoms with Crippen molar-refractivity contribution in [2.45, 2.75) is 32.2 Å². The number of hydrogen-bond acceptors (Lipinski definition) is 3. The highest BCUT2D eigenvalue weighted by molar-refractivity contribution is 7.80. The average Bonchev–Trinajstić information content (AvgIpc) is 2.98. The number of benzene rings is 2. The third kappa shape index (κ3) is 3.49. The van der Waals surface area contributed by atoms with Crippen LogP contribution in [0, 0.1) is 6.92 Å². The second-order valence-electron chi connectivity index (χ2n) is 6.28. The molecule has 3 rings (SSSR count). The lowest BCUT2D eigenvalue weighted by Crippen LogP contribution is -2.34. The Morgan fingerprint density at radius 2 is 1.88 bits per heavy atom. The lowest BCUT2D eigenvalue weighted by Gasteiger charge is -2.23. The number of nitrogens with zero attached hydrogens (tertiary/aromatic N) is 1. The highest BCUT2D eigenvalue weighted by atomic mass is 32.1. The van der Waals surface area contributed by atoms with Crippen LogP contribution in [0.1, 0.15) is 42.0 Å². The van der Waals surface area contributed by atoms with E-state index < -0.39 is 0 Å². The standard InChI is InChI=1S/C20H21NO2S/c1-14-8-10-16(11-9-14)15(2)12-19(22)21-18(13-23-20(21)24)17-6-4-3-5-7-17/h3-11,15,18H,12-13H2,1-2H3/t15-,18+/m1/s1. The topological polar surface area (TPSA) is 29.5 Å². The minimum absolute atomic E-state index is 0.0134. The third-order valence-corrected chi connectivity index (χ3v) is 4.77. The second-order valence-corrected chi connectivity index (χ2v) is 6.63. The zero-order valence-electron chi connectivity index (χ0n) is 13.9. The Labute approximate surface area is 148 Å². The van der Waals surface area contributed by atoms with Crippen LogP contribution in [-0.2, 0) is 9.53 Å². The van der Waals surface area contributed by atoms with Crippen LogP contribution in [-0.4, -0.2) is 22.6 Å². The first-order valence-electron chi connectivity index (χ1n) is 8.16. The van der Waals surface area contributed by atoms with Crippen molar-refractivity contribution in [3.8, 4) is 0 Å². The van der Waals surface area contributed by atoms with Gasteiger partial charge >= 0.3 is 0 Å². The number of hydrogen-bond donors (Lipinski definition) is 0. The van der Waals surface area contributed by atoms with Crippen molar-refractivity contribution in [1.29, 1.82) is 0 Å². The maximum Gasteiger partial charge on any atom is 0.266 e. The molecule has 1 aliphatic rings. The molecule has 24 heavy (non-hydrogen) atoms. The fourth-order valence-corrected chi connectivity index (χ4v) is 3.29. The number of carbonyl (C=O) groups excluding carboxylic acids is 1. The van der Waals surface area contributed by atoms with Gasteiger partial charge in [0.15, 0.2) is 0 Å². The summed E-state index contributed by atoms with van der Waals surface area (Å²) in [6.45, 7) is 4.55. The molecule has 2 aromatic rings. The van der Waals surface area contributed by atoms with Crippen LogP contribution in [0.3, 0.4) is 0 Å². The molecule has 1 heterocycles. The van der Waals surface area contributed by atoms with Crippen LogP contribution in [0.15, 0.2) is 54.6 Å². The molecule has 124 valence electrons. The summed E-state index contributed by atoms with van der Waals surface area (Å²) in [5, 5.41) is 0.282. The number of thiocarbonyl (C=S) groups is 1. The predicted octanol–water partition coefficient (Wildman–Crippen LogP) is 4.37. The monoisotopic (exact) mass is 339 g/mol. The van der Waals surface area contributed by atoms with Gasteiger partial charge in [-0.05, 0) is 36.2 Å². The maximum atomic E-state index is 12.8. The van der Waals surface area contributed by atoms with Crippen LogP contribution >= 0.6 is 12.2 Å². The number of aryl methyl sites for hydroxylation is 1. The van der Waals surface area contributed by atoms with E-state index in [4.69, 9.17) is 17.0 Å². The van der Waals surface area contributed by atoms with E-state index in [2.05, 4.69) is 38.1 Å².